The highest BCUT2D eigenvalue weighted by Crippen LogP contribution is 2.28. The molecule has 0 spiro atoms. The molecule has 3 rings (SSSR count). The average molecular weight is 269 g/mol. The van der Waals surface area contributed by atoms with E-state index in [0.717, 1.165) is 43.7 Å². The van der Waals surface area contributed by atoms with Gasteiger partial charge in [0.15, 0.2) is 9.84 Å². The molecule has 5 nitrogen and oxygen atoms in total. The molecule has 1 fully saturated rings. The van der Waals surface area contributed by atoms with E-state index in [4.69, 9.17) is 5.73 Å². The number of rotatable bonds is 1. The van der Waals surface area contributed by atoms with E-state index in [1.807, 2.05) is 6.20 Å². The zero-order chi connectivity index (χ0) is 12.8. The Morgan fingerprint density at radius 1 is 1.39 bits per heavy atom. The molecular formula is C12H19N3O2S. The van der Waals surface area contributed by atoms with Crippen LogP contribution in [0.2, 0.25) is 0 Å². The van der Waals surface area contributed by atoms with Crippen molar-refractivity contribution in [2.45, 2.75) is 44.2 Å². The summed E-state index contributed by atoms with van der Waals surface area (Å²) in [5.74, 6) is 1.70. The second-order valence-electron chi connectivity index (χ2n) is 5.48. The number of hydrogen-bond acceptors (Lipinski definition) is 4. The van der Waals surface area contributed by atoms with Crippen molar-refractivity contribution in [3.63, 3.8) is 0 Å². The quantitative estimate of drug-likeness (QED) is 0.803. The van der Waals surface area contributed by atoms with Crippen molar-refractivity contribution in [2.75, 3.05) is 11.5 Å². The lowest BCUT2D eigenvalue weighted by molar-refractivity contribution is 0.463. The van der Waals surface area contributed by atoms with Crippen LogP contribution in [0.3, 0.4) is 0 Å². The van der Waals surface area contributed by atoms with E-state index in [0.29, 0.717) is 5.75 Å². The third kappa shape index (κ3) is 2.31. The van der Waals surface area contributed by atoms with Gasteiger partial charge in [-0.1, -0.05) is 0 Å². The monoisotopic (exact) mass is 269 g/mol. The topological polar surface area (TPSA) is 78.0 Å². The van der Waals surface area contributed by atoms with Crippen molar-refractivity contribution in [1.29, 1.82) is 0 Å². The smallest absolute Gasteiger partial charge is 0.150 e. The molecule has 2 N–H and O–H groups in total. The molecule has 3 heterocycles. The number of nitrogens with two attached hydrogens (primary N) is 1. The Labute approximate surface area is 107 Å². The molecule has 2 aliphatic heterocycles. The maximum atomic E-state index is 11.7. The van der Waals surface area contributed by atoms with Crippen molar-refractivity contribution in [3.8, 4) is 0 Å². The number of nitrogens with zero attached hydrogens (tertiary/aromatic N) is 2. The largest absolute Gasteiger partial charge is 0.335 e. The maximum Gasteiger partial charge on any atom is 0.150 e. The lowest BCUT2D eigenvalue weighted by Crippen LogP contribution is -2.30. The number of sulfone groups is 1. The summed E-state index contributed by atoms with van der Waals surface area (Å²) in [6, 6.07) is 0.197. The van der Waals surface area contributed by atoms with Crippen LogP contribution in [-0.2, 0) is 22.8 Å². The van der Waals surface area contributed by atoms with Crippen LogP contribution in [-0.4, -0.2) is 35.5 Å². The van der Waals surface area contributed by atoms with Crippen molar-refractivity contribution < 1.29 is 8.42 Å². The highest BCUT2D eigenvalue weighted by Gasteiger charge is 2.29. The van der Waals surface area contributed by atoms with Crippen molar-refractivity contribution in [2.24, 2.45) is 5.73 Å². The first-order valence-corrected chi connectivity index (χ1v) is 8.37. The van der Waals surface area contributed by atoms with Gasteiger partial charge in [-0.2, -0.15) is 0 Å². The average Bonchev–Trinajstić information content (AvgIpc) is 2.70. The Morgan fingerprint density at radius 2 is 2.22 bits per heavy atom. The van der Waals surface area contributed by atoms with Crippen LogP contribution in [0, 0.1) is 0 Å². The predicted octanol–water partition coefficient (Wildman–Crippen LogP) is 0.449. The van der Waals surface area contributed by atoms with Gasteiger partial charge in [-0.25, -0.2) is 13.4 Å². The minimum atomic E-state index is -2.87. The number of aromatic nitrogens is 2. The van der Waals surface area contributed by atoms with Crippen LogP contribution < -0.4 is 5.73 Å². The minimum absolute atomic E-state index is 0.0816. The van der Waals surface area contributed by atoms with Gasteiger partial charge in [0, 0.05) is 31.1 Å². The summed E-state index contributed by atoms with van der Waals surface area (Å²) >= 11 is 0. The molecular weight excluding hydrogens is 250 g/mol. The summed E-state index contributed by atoms with van der Waals surface area (Å²) in [6.07, 6.45) is 5.51. The summed E-state index contributed by atoms with van der Waals surface area (Å²) in [6.45, 7) is 0.906. The van der Waals surface area contributed by atoms with Gasteiger partial charge in [-0.05, 0) is 19.3 Å². The Hall–Kier alpha value is -0.880. The van der Waals surface area contributed by atoms with E-state index in [9.17, 15) is 8.42 Å². The SMILES string of the molecule is NC1CCn2cc(C3CCCS(=O)(=O)C3)nc2C1. The third-order valence-electron chi connectivity index (χ3n) is 3.94. The van der Waals surface area contributed by atoms with Crippen LogP contribution in [0.25, 0.3) is 0 Å². The van der Waals surface area contributed by atoms with Gasteiger partial charge in [-0.15, -0.1) is 0 Å². The molecule has 2 atom stereocenters. The lowest BCUT2D eigenvalue weighted by atomic mass is 10.0. The second kappa shape index (κ2) is 4.35. The van der Waals surface area contributed by atoms with Gasteiger partial charge in [-0.3, -0.25) is 0 Å². The first-order valence-electron chi connectivity index (χ1n) is 6.55. The maximum absolute atomic E-state index is 11.7. The molecule has 0 radical (unpaired) electrons. The standard InChI is InChI=1S/C12H19N3O2S/c13-10-3-4-15-7-11(14-12(15)6-10)9-2-1-5-18(16,17)8-9/h7,9-10H,1-6,8,13H2. The zero-order valence-corrected chi connectivity index (χ0v) is 11.2. The number of fused-ring (bicyclic) bond motifs is 1. The normalized spacial score (nSPS) is 30.9. The van der Waals surface area contributed by atoms with Gasteiger partial charge in [0.25, 0.3) is 0 Å². The summed E-state index contributed by atoms with van der Waals surface area (Å²) < 4.78 is 25.5. The number of imidazole rings is 1. The van der Waals surface area contributed by atoms with Crippen molar-refractivity contribution >= 4 is 9.84 Å². The van der Waals surface area contributed by atoms with Gasteiger partial charge in [0.1, 0.15) is 5.82 Å². The highest BCUT2D eigenvalue weighted by molar-refractivity contribution is 7.91. The number of hydrogen-bond donors (Lipinski definition) is 1. The van der Waals surface area contributed by atoms with E-state index in [-0.39, 0.29) is 17.7 Å². The van der Waals surface area contributed by atoms with Crippen molar-refractivity contribution in [3.05, 3.63) is 17.7 Å². The fourth-order valence-electron chi connectivity index (χ4n) is 2.93. The van der Waals surface area contributed by atoms with E-state index >= 15 is 0 Å². The minimum Gasteiger partial charge on any atom is -0.335 e. The Balaban J connectivity index is 1.85. The van der Waals surface area contributed by atoms with E-state index < -0.39 is 9.84 Å². The Bertz CT molecular complexity index is 550. The molecule has 0 bridgehead atoms. The highest BCUT2D eigenvalue weighted by atomic mass is 32.2. The summed E-state index contributed by atoms with van der Waals surface area (Å²) in [5.41, 5.74) is 6.88. The number of aryl methyl sites for hydroxylation is 1. The van der Waals surface area contributed by atoms with E-state index in [2.05, 4.69) is 9.55 Å². The van der Waals surface area contributed by atoms with Gasteiger partial charge >= 0.3 is 0 Å². The summed E-state index contributed by atoms with van der Waals surface area (Å²) in [4.78, 5) is 4.61. The molecule has 1 aromatic heterocycles. The van der Waals surface area contributed by atoms with Crippen LogP contribution in [0.5, 0.6) is 0 Å². The van der Waals surface area contributed by atoms with Crippen molar-refractivity contribution in [1.82, 2.24) is 9.55 Å². The molecule has 1 saturated heterocycles. The van der Waals surface area contributed by atoms with Crippen LogP contribution in [0.1, 0.15) is 36.7 Å². The fourth-order valence-corrected chi connectivity index (χ4v) is 4.65. The molecule has 6 heteroatoms. The van der Waals surface area contributed by atoms with Gasteiger partial charge in [0.2, 0.25) is 0 Å². The Morgan fingerprint density at radius 3 is 3.00 bits per heavy atom. The third-order valence-corrected chi connectivity index (χ3v) is 5.77. The molecule has 0 saturated carbocycles. The fraction of sp³-hybridized carbons (Fsp3) is 0.750. The van der Waals surface area contributed by atoms with Crippen LogP contribution in [0.15, 0.2) is 6.20 Å². The summed E-state index contributed by atoms with van der Waals surface area (Å²) in [5, 5.41) is 0. The molecule has 2 unspecified atom stereocenters. The van der Waals surface area contributed by atoms with E-state index in [1.165, 1.54) is 0 Å². The molecule has 0 aliphatic carbocycles. The molecule has 0 aromatic carbocycles. The summed E-state index contributed by atoms with van der Waals surface area (Å²) in [7, 11) is -2.87. The van der Waals surface area contributed by atoms with Gasteiger partial charge < -0.3 is 10.3 Å². The first-order chi connectivity index (χ1) is 8.53. The second-order valence-corrected chi connectivity index (χ2v) is 7.71. The molecule has 1 aromatic rings. The van der Waals surface area contributed by atoms with Gasteiger partial charge in [0.05, 0.1) is 17.2 Å². The lowest BCUT2D eigenvalue weighted by Gasteiger charge is -2.19. The van der Waals surface area contributed by atoms with Crippen LogP contribution in [0.4, 0.5) is 0 Å². The molecule has 0 amide bonds. The first kappa shape index (κ1) is 12.2. The van der Waals surface area contributed by atoms with E-state index in [1.54, 1.807) is 0 Å². The predicted molar refractivity (Wildman–Crippen MR) is 69.2 cm³/mol. The molecule has 100 valence electrons. The van der Waals surface area contributed by atoms with Crippen LogP contribution >= 0.6 is 0 Å². The molecule has 2 aliphatic rings. The molecule has 18 heavy (non-hydrogen) atoms. The Kier molecular flexibility index (Phi) is 2.94. The zero-order valence-electron chi connectivity index (χ0n) is 10.4.